The minimum absolute atomic E-state index is 0.436. The number of fused-ring (bicyclic) bond motifs is 1. The molecule has 0 radical (unpaired) electrons. The second kappa shape index (κ2) is 5.08. The van der Waals surface area contributed by atoms with Crippen LogP contribution in [-0.2, 0) is 11.3 Å². The van der Waals surface area contributed by atoms with Gasteiger partial charge in [-0.1, -0.05) is 17.7 Å². The number of halogens is 1. The van der Waals surface area contributed by atoms with Gasteiger partial charge in [0.2, 0.25) is 0 Å². The second-order valence-corrected chi connectivity index (χ2v) is 5.64. The fourth-order valence-electron chi connectivity index (χ4n) is 3.11. The van der Waals surface area contributed by atoms with E-state index in [9.17, 15) is 0 Å². The van der Waals surface area contributed by atoms with Crippen molar-refractivity contribution >= 4 is 17.3 Å². The molecule has 3 nitrogen and oxygen atoms in total. The first-order valence-electron chi connectivity index (χ1n) is 6.63. The summed E-state index contributed by atoms with van der Waals surface area (Å²) in [4.78, 5) is 2.51. The van der Waals surface area contributed by atoms with Crippen LogP contribution in [0.15, 0.2) is 18.2 Å². The number of nitrogens with two attached hydrogens (primary N) is 1. The van der Waals surface area contributed by atoms with E-state index in [0.29, 0.717) is 12.1 Å². The van der Waals surface area contributed by atoms with Gasteiger partial charge < -0.3 is 10.5 Å². The van der Waals surface area contributed by atoms with Crippen molar-refractivity contribution in [2.24, 2.45) is 0 Å². The Labute approximate surface area is 113 Å². The number of rotatable bonds is 2. The molecule has 18 heavy (non-hydrogen) atoms. The van der Waals surface area contributed by atoms with Crippen LogP contribution < -0.4 is 5.73 Å². The molecular weight excluding hydrogens is 248 g/mol. The summed E-state index contributed by atoms with van der Waals surface area (Å²) in [5.41, 5.74) is 7.62. The first-order valence-corrected chi connectivity index (χ1v) is 7.01. The number of morpholine rings is 1. The zero-order valence-electron chi connectivity index (χ0n) is 10.4. The van der Waals surface area contributed by atoms with Gasteiger partial charge in [-0.05, 0) is 37.0 Å². The highest BCUT2D eigenvalue weighted by Gasteiger charge is 2.35. The molecule has 1 aliphatic heterocycles. The molecule has 2 fully saturated rings. The van der Waals surface area contributed by atoms with Crippen LogP contribution in [0, 0.1) is 0 Å². The van der Waals surface area contributed by atoms with Gasteiger partial charge in [0.1, 0.15) is 0 Å². The highest BCUT2D eigenvalue weighted by atomic mass is 35.5. The molecule has 2 aliphatic rings. The highest BCUT2D eigenvalue weighted by molar-refractivity contribution is 6.31. The minimum Gasteiger partial charge on any atom is -0.399 e. The molecule has 0 bridgehead atoms. The maximum Gasteiger partial charge on any atom is 0.0731 e. The summed E-state index contributed by atoms with van der Waals surface area (Å²) in [6, 6.07) is 6.38. The molecule has 1 saturated heterocycles. The van der Waals surface area contributed by atoms with Crippen molar-refractivity contribution in [2.45, 2.75) is 38.0 Å². The van der Waals surface area contributed by atoms with Gasteiger partial charge in [0.15, 0.2) is 0 Å². The SMILES string of the molecule is Nc1ccc(CN2CCOC3CCCC32)c(Cl)c1. The quantitative estimate of drug-likeness (QED) is 0.837. The van der Waals surface area contributed by atoms with Gasteiger partial charge >= 0.3 is 0 Å². The lowest BCUT2D eigenvalue weighted by Gasteiger charge is -2.37. The van der Waals surface area contributed by atoms with Crippen LogP contribution in [0.1, 0.15) is 24.8 Å². The van der Waals surface area contributed by atoms with Crippen molar-refractivity contribution in [2.75, 3.05) is 18.9 Å². The molecule has 2 unspecified atom stereocenters. The number of nitrogens with zero attached hydrogens (tertiary/aromatic N) is 1. The Hall–Kier alpha value is -0.770. The monoisotopic (exact) mass is 266 g/mol. The van der Waals surface area contributed by atoms with E-state index in [2.05, 4.69) is 4.90 Å². The van der Waals surface area contributed by atoms with E-state index >= 15 is 0 Å². The molecule has 0 aromatic heterocycles. The zero-order valence-corrected chi connectivity index (χ0v) is 11.2. The van der Waals surface area contributed by atoms with Gasteiger partial charge in [-0.25, -0.2) is 0 Å². The van der Waals surface area contributed by atoms with Gasteiger partial charge in [-0.15, -0.1) is 0 Å². The average Bonchev–Trinajstić information content (AvgIpc) is 2.82. The molecule has 1 aromatic carbocycles. The molecule has 2 atom stereocenters. The van der Waals surface area contributed by atoms with Gasteiger partial charge in [0.25, 0.3) is 0 Å². The Kier molecular flexibility index (Phi) is 3.46. The molecule has 4 heteroatoms. The van der Waals surface area contributed by atoms with Gasteiger partial charge in [-0.2, -0.15) is 0 Å². The van der Waals surface area contributed by atoms with Crippen LogP contribution in [0.2, 0.25) is 5.02 Å². The van der Waals surface area contributed by atoms with Crippen LogP contribution in [0.5, 0.6) is 0 Å². The summed E-state index contributed by atoms with van der Waals surface area (Å²) in [5.74, 6) is 0. The van der Waals surface area contributed by atoms with Crippen LogP contribution in [0.4, 0.5) is 5.69 Å². The fraction of sp³-hybridized carbons (Fsp3) is 0.571. The van der Waals surface area contributed by atoms with Crippen molar-refractivity contribution in [1.29, 1.82) is 0 Å². The summed E-state index contributed by atoms with van der Waals surface area (Å²) >= 11 is 6.25. The van der Waals surface area contributed by atoms with Gasteiger partial charge in [0.05, 0.1) is 12.7 Å². The number of nitrogen functional groups attached to an aromatic ring is 1. The molecule has 1 saturated carbocycles. The van der Waals surface area contributed by atoms with Gasteiger partial charge in [-0.3, -0.25) is 4.90 Å². The predicted molar refractivity (Wildman–Crippen MR) is 73.7 cm³/mol. The van der Waals surface area contributed by atoms with Crippen LogP contribution in [-0.4, -0.2) is 30.2 Å². The van der Waals surface area contributed by atoms with Crippen LogP contribution in [0.3, 0.4) is 0 Å². The average molecular weight is 267 g/mol. The standard InChI is InChI=1S/C14H19ClN2O/c15-12-8-11(16)5-4-10(12)9-17-6-7-18-14-3-1-2-13(14)17/h4-5,8,13-14H,1-3,6-7,9,16H2. The predicted octanol–water partition coefficient (Wildman–Crippen LogP) is 2.68. The van der Waals surface area contributed by atoms with E-state index < -0.39 is 0 Å². The summed E-state index contributed by atoms with van der Waals surface area (Å²) in [7, 11) is 0. The Morgan fingerprint density at radius 1 is 1.39 bits per heavy atom. The minimum atomic E-state index is 0.436. The highest BCUT2D eigenvalue weighted by Crippen LogP contribution is 2.31. The Morgan fingerprint density at radius 3 is 3.11 bits per heavy atom. The smallest absolute Gasteiger partial charge is 0.0731 e. The third-order valence-electron chi connectivity index (χ3n) is 4.05. The Bertz CT molecular complexity index is 438. The third-order valence-corrected chi connectivity index (χ3v) is 4.40. The Morgan fingerprint density at radius 2 is 2.28 bits per heavy atom. The van der Waals surface area contributed by atoms with Crippen molar-refractivity contribution in [3.8, 4) is 0 Å². The van der Waals surface area contributed by atoms with E-state index in [1.165, 1.54) is 24.8 Å². The number of anilines is 1. The van der Waals surface area contributed by atoms with Crippen molar-refractivity contribution in [3.05, 3.63) is 28.8 Å². The summed E-state index contributed by atoms with van der Waals surface area (Å²) in [6.45, 7) is 2.75. The first kappa shape index (κ1) is 12.3. The van der Waals surface area contributed by atoms with E-state index in [-0.39, 0.29) is 0 Å². The zero-order chi connectivity index (χ0) is 12.5. The first-order chi connectivity index (χ1) is 8.74. The molecular formula is C14H19ClN2O. The summed E-state index contributed by atoms with van der Waals surface area (Å²) in [5, 5.41) is 0.774. The lowest BCUT2D eigenvalue weighted by Crippen LogP contribution is -2.47. The van der Waals surface area contributed by atoms with Crippen molar-refractivity contribution in [3.63, 3.8) is 0 Å². The molecule has 1 heterocycles. The number of hydrogen-bond acceptors (Lipinski definition) is 3. The molecule has 2 N–H and O–H groups in total. The van der Waals surface area contributed by atoms with Crippen LogP contribution >= 0.6 is 11.6 Å². The van der Waals surface area contributed by atoms with Crippen molar-refractivity contribution < 1.29 is 4.74 Å². The van der Waals surface area contributed by atoms with Crippen molar-refractivity contribution in [1.82, 2.24) is 4.90 Å². The molecule has 0 amide bonds. The van der Waals surface area contributed by atoms with Gasteiger partial charge in [0, 0.05) is 29.8 Å². The van der Waals surface area contributed by atoms with E-state index in [1.54, 1.807) is 0 Å². The summed E-state index contributed by atoms with van der Waals surface area (Å²) < 4.78 is 5.82. The largest absolute Gasteiger partial charge is 0.399 e. The lowest BCUT2D eigenvalue weighted by molar-refractivity contribution is -0.0588. The summed E-state index contributed by atoms with van der Waals surface area (Å²) in [6.07, 6.45) is 4.17. The number of benzene rings is 1. The molecule has 3 rings (SSSR count). The maximum atomic E-state index is 6.25. The third kappa shape index (κ3) is 2.35. The van der Waals surface area contributed by atoms with Crippen LogP contribution in [0.25, 0.3) is 0 Å². The fourth-order valence-corrected chi connectivity index (χ4v) is 3.36. The number of hydrogen-bond donors (Lipinski definition) is 1. The molecule has 1 aromatic rings. The lowest BCUT2D eigenvalue weighted by atomic mass is 10.1. The molecule has 98 valence electrons. The second-order valence-electron chi connectivity index (χ2n) is 5.23. The molecule has 1 aliphatic carbocycles. The van der Waals surface area contributed by atoms with E-state index in [4.69, 9.17) is 22.1 Å². The Balaban J connectivity index is 1.75. The molecule has 0 spiro atoms. The van der Waals surface area contributed by atoms with E-state index in [0.717, 1.165) is 30.4 Å². The normalized spacial score (nSPS) is 28.3. The maximum absolute atomic E-state index is 6.25. The topological polar surface area (TPSA) is 38.5 Å². The van der Waals surface area contributed by atoms with E-state index in [1.807, 2.05) is 18.2 Å². The number of ether oxygens (including phenoxy) is 1.